The molecule has 0 saturated carbocycles. The van der Waals surface area contributed by atoms with Crippen molar-refractivity contribution >= 4 is 65.5 Å². The number of thiophene rings is 4. The Labute approximate surface area is 398 Å². The van der Waals surface area contributed by atoms with E-state index in [1.165, 1.54) is 238 Å². The second kappa shape index (κ2) is 29.9. The number of benzene rings is 1. The third kappa shape index (κ3) is 16.5. The minimum absolute atomic E-state index is 1.17. The molecule has 5 rings (SSSR count). The topological polar surface area (TPSA) is 0 Å². The van der Waals surface area contributed by atoms with E-state index in [9.17, 15) is 0 Å². The number of rotatable bonds is 36. The molecule has 4 heteroatoms. The molecule has 0 bridgehead atoms. The third-order valence-corrected chi connectivity index (χ3v) is 18.5. The van der Waals surface area contributed by atoms with E-state index in [2.05, 4.69) is 88.5 Å². The first kappa shape index (κ1) is 51.5. The number of unbranched alkanes of at least 4 members (excludes halogenated alkanes) is 26. The maximum Gasteiger partial charge on any atom is 0.0477 e. The molecule has 4 aromatic heterocycles. The summed E-state index contributed by atoms with van der Waals surface area (Å²) < 4.78 is 3.17. The molecule has 0 atom stereocenters. The van der Waals surface area contributed by atoms with E-state index in [0.717, 1.165) is 0 Å². The van der Waals surface area contributed by atoms with Crippen molar-refractivity contribution in [3.63, 3.8) is 0 Å². The maximum atomic E-state index is 2.64. The van der Waals surface area contributed by atoms with Gasteiger partial charge in [0, 0.05) is 38.7 Å². The zero-order valence-electron chi connectivity index (χ0n) is 41.0. The van der Waals surface area contributed by atoms with E-state index < -0.39 is 0 Å². The minimum atomic E-state index is 1.17. The van der Waals surface area contributed by atoms with Crippen molar-refractivity contribution < 1.29 is 0 Å². The lowest BCUT2D eigenvalue weighted by molar-refractivity contribution is 0.535. The highest BCUT2D eigenvalue weighted by Gasteiger charge is 2.22. The molecule has 0 amide bonds. The van der Waals surface area contributed by atoms with Crippen LogP contribution in [0.25, 0.3) is 39.7 Å². The Balaban J connectivity index is 1.18. The molecule has 0 nitrogen and oxygen atoms in total. The Hall–Kier alpha value is -1.46. The van der Waals surface area contributed by atoms with Crippen LogP contribution in [-0.4, -0.2) is 0 Å². The van der Waals surface area contributed by atoms with Crippen LogP contribution in [0.3, 0.4) is 0 Å². The van der Waals surface area contributed by atoms with Crippen molar-refractivity contribution in [2.24, 2.45) is 0 Å². The van der Waals surface area contributed by atoms with Crippen molar-refractivity contribution in [1.29, 1.82) is 0 Å². The zero-order valence-corrected chi connectivity index (χ0v) is 44.3. The first-order valence-electron chi connectivity index (χ1n) is 26.7. The fourth-order valence-corrected chi connectivity index (χ4v) is 15.0. The van der Waals surface area contributed by atoms with E-state index in [4.69, 9.17) is 0 Å². The SMILES string of the molecule is CCCCCCCCCCCCCCCCc1cc(C)sc1-c1cc2c(CCC)c3sc(-c4sc(C)cc4CCCCCCCCCCCCCCCC)cc3c(CCC)c2s1. The van der Waals surface area contributed by atoms with E-state index in [1.807, 2.05) is 22.7 Å². The van der Waals surface area contributed by atoms with Gasteiger partial charge in [0.05, 0.1) is 0 Å². The van der Waals surface area contributed by atoms with Crippen molar-refractivity contribution in [3.8, 4) is 19.5 Å². The molecule has 0 radical (unpaired) electrons. The van der Waals surface area contributed by atoms with E-state index in [0.29, 0.717) is 0 Å². The van der Waals surface area contributed by atoms with Gasteiger partial charge in [-0.05, 0) is 110 Å². The second-order valence-corrected chi connectivity index (χ2v) is 23.9. The fourth-order valence-electron chi connectivity index (χ4n) is 10.1. The van der Waals surface area contributed by atoms with Gasteiger partial charge in [-0.15, -0.1) is 45.3 Å². The van der Waals surface area contributed by atoms with Crippen LogP contribution in [0.2, 0.25) is 0 Å². The molecule has 346 valence electrons. The van der Waals surface area contributed by atoms with Gasteiger partial charge in [-0.1, -0.05) is 207 Å². The molecular formula is C58H90S4. The average Bonchev–Trinajstić information content (AvgIpc) is 4.07. The first-order valence-corrected chi connectivity index (χ1v) is 30.0. The Morgan fingerprint density at radius 2 is 0.597 bits per heavy atom. The Morgan fingerprint density at radius 3 is 0.887 bits per heavy atom. The molecular weight excluding hydrogens is 825 g/mol. The quantitative estimate of drug-likeness (QED) is 0.0351. The summed E-state index contributed by atoms with van der Waals surface area (Å²) in [6.45, 7) is 14.1. The summed E-state index contributed by atoms with van der Waals surface area (Å²) in [5.74, 6) is 0. The van der Waals surface area contributed by atoms with Gasteiger partial charge in [0.1, 0.15) is 0 Å². The Kier molecular flexibility index (Phi) is 24.9. The smallest absolute Gasteiger partial charge is 0.0477 e. The first-order chi connectivity index (χ1) is 30.5. The highest BCUT2D eigenvalue weighted by Crippen LogP contribution is 2.49. The van der Waals surface area contributed by atoms with Crippen LogP contribution in [0.5, 0.6) is 0 Å². The zero-order chi connectivity index (χ0) is 43.8. The monoisotopic (exact) mass is 915 g/mol. The second-order valence-electron chi connectivity index (χ2n) is 19.3. The largest absolute Gasteiger partial charge is 0.139 e. The fraction of sp³-hybridized carbons (Fsp3) is 0.690. The lowest BCUT2D eigenvalue weighted by Gasteiger charge is -2.10. The molecule has 0 N–H and O–H groups in total. The molecule has 4 heterocycles. The predicted octanol–water partition coefficient (Wildman–Crippen LogP) is 22.1. The molecule has 0 aliphatic carbocycles. The van der Waals surface area contributed by atoms with Crippen LogP contribution in [-0.2, 0) is 25.7 Å². The van der Waals surface area contributed by atoms with Crippen molar-refractivity contribution in [2.75, 3.05) is 0 Å². The summed E-state index contributed by atoms with van der Waals surface area (Å²) in [5, 5.41) is 3.13. The minimum Gasteiger partial charge on any atom is -0.139 e. The van der Waals surface area contributed by atoms with Gasteiger partial charge in [0.25, 0.3) is 0 Å². The summed E-state index contributed by atoms with van der Waals surface area (Å²) in [4.78, 5) is 9.12. The third-order valence-electron chi connectivity index (χ3n) is 13.6. The summed E-state index contributed by atoms with van der Waals surface area (Å²) in [6.07, 6.45) is 47.1. The molecule has 0 aliphatic rings. The van der Waals surface area contributed by atoms with E-state index in [1.54, 1.807) is 52.2 Å². The van der Waals surface area contributed by atoms with Gasteiger partial charge < -0.3 is 0 Å². The van der Waals surface area contributed by atoms with Crippen LogP contribution >= 0.6 is 45.3 Å². The van der Waals surface area contributed by atoms with E-state index >= 15 is 0 Å². The molecule has 0 aliphatic heterocycles. The molecule has 62 heavy (non-hydrogen) atoms. The standard InChI is InChI=1S/C58H90S4/c1-7-11-13-15-17-19-21-23-25-27-29-31-33-35-39-47-41-45(5)59-55(47)53-43-51-49(37-9-3)58-52(50(38-10-4)57(51)61-53)44-54(62-58)56-48(42-46(6)60-56)40-36-34-32-30-28-26-24-22-20-18-16-14-12-8-2/h41-44H,7-40H2,1-6H3. The normalized spacial score (nSPS) is 12.0. The molecule has 1 aromatic carbocycles. The van der Waals surface area contributed by atoms with Crippen LogP contribution in [0.4, 0.5) is 0 Å². The summed E-state index contributed by atoms with van der Waals surface area (Å²) in [5.41, 5.74) is 6.46. The van der Waals surface area contributed by atoms with Gasteiger partial charge in [0.15, 0.2) is 0 Å². The lowest BCUT2D eigenvalue weighted by atomic mass is 9.96. The summed E-state index contributed by atoms with van der Waals surface area (Å²) in [7, 11) is 0. The maximum absolute atomic E-state index is 2.64. The molecule has 0 spiro atoms. The highest BCUT2D eigenvalue weighted by molar-refractivity contribution is 7.28. The van der Waals surface area contributed by atoms with Crippen LogP contribution in [0.15, 0.2) is 24.3 Å². The van der Waals surface area contributed by atoms with Gasteiger partial charge in [0.2, 0.25) is 0 Å². The van der Waals surface area contributed by atoms with Gasteiger partial charge in [-0.2, -0.15) is 0 Å². The molecule has 0 fully saturated rings. The molecule has 0 saturated heterocycles. The number of hydrogen-bond acceptors (Lipinski definition) is 4. The average molecular weight is 916 g/mol. The summed E-state index contributed by atoms with van der Waals surface area (Å²) in [6, 6.07) is 10.3. The van der Waals surface area contributed by atoms with Gasteiger partial charge in [-0.25, -0.2) is 0 Å². The number of aryl methyl sites for hydroxylation is 6. The highest BCUT2D eigenvalue weighted by atomic mass is 32.1. The van der Waals surface area contributed by atoms with Crippen LogP contribution < -0.4 is 0 Å². The number of fused-ring (bicyclic) bond motifs is 2. The summed E-state index contributed by atoms with van der Waals surface area (Å²) >= 11 is 8.34. The predicted molar refractivity (Wildman–Crippen MR) is 289 cm³/mol. The van der Waals surface area contributed by atoms with Crippen LogP contribution in [0.1, 0.15) is 252 Å². The van der Waals surface area contributed by atoms with Gasteiger partial charge >= 0.3 is 0 Å². The van der Waals surface area contributed by atoms with Crippen LogP contribution in [0, 0.1) is 13.8 Å². The molecule has 5 aromatic rings. The lowest BCUT2D eigenvalue weighted by Crippen LogP contribution is -1.91. The van der Waals surface area contributed by atoms with E-state index in [-0.39, 0.29) is 0 Å². The Bertz CT molecular complexity index is 1750. The van der Waals surface area contributed by atoms with Gasteiger partial charge in [-0.3, -0.25) is 0 Å². The van der Waals surface area contributed by atoms with Crippen molar-refractivity contribution in [1.82, 2.24) is 0 Å². The van der Waals surface area contributed by atoms with Crippen molar-refractivity contribution in [3.05, 3.63) is 56.3 Å². The Morgan fingerprint density at radius 1 is 0.306 bits per heavy atom. The number of hydrogen-bond donors (Lipinski definition) is 0. The van der Waals surface area contributed by atoms with Crippen molar-refractivity contribution in [2.45, 2.75) is 260 Å². The molecule has 0 unspecified atom stereocenters.